The van der Waals surface area contributed by atoms with Gasteiger partial charge in [0, 0.05) is 0 Å². The van der Waals surface area contributed by atoms with E-state index in [0.29, 0.717) is 0 Å². The average Bonchev–Trinajstić information content (AvgIpc) is 2.29. The second-order valence-electron chi connectivity index (χ2n) is 3.15. The summed E-state index contributed by atoms with van der Waals surface area (Å²) in [6, 6.07) is 20.6. The third kappa shape index (κ3) is 4.05. The molecule has 0 heterocycles. The fourth-order valence-corrected chi connectivity index (χ4v) is 1.32. The van der Waals surface area contributed by atoms with Crippen LogP contribution in [0.5, 0.6) is 0 Å². The van der Waals surface area contributed by atoms with Gasteiger partial charge in [-0.3, -0.25) is 9.41 Å². The van der Waals surface area contributed by atoms with Crippen LogP contribution in [0.2, 0.25) is 0 Å². The lowest BCUT2D eigenvalue weighted by atomic mass is 10.1. The van der Waals surface area contributed by atoms with Crippen molar-refractivity contribution in [3.05, 3.63) is 71.8 Å². The molecule has 0 fully saturated rings. The molecule has 2 heteroatoms. The van der Waals surface area contributed by atoms with E-state index >= 15 is 0 Å². The lowest BCUT2D eigenvalue weighted by molar-refractivity contribution is 1.11. The monoisotopic (exact) mass is 220 g/mol. The first-order valence-corrected chi connectivity index (χ1v) is 4.73. The first-order chi connectivity index (χ1) is 6.95. The van der Waals surface area contributed by atoms with Gasteiger partial charge in [-0.2, -0.15) is 0 Å². The van der Waals surface area contributed by atoms with E-state index in [1.54, 1.807) is 0 Å². The molecule has 0 radical (unpaired) electrons. The van der Waals surface area contributed by atoms with Gasteiger partial charge in [0.05, 0.1) is 0 Å². The summed E-state index contributed by atoms with van der Waals surface area (Å²) < 4.78 is 0. The zero-order valence-electron chi connectivity index (χ0n) is 8.74. The van der Waals surface area contributed by atoms with Crippen molar-refractivity contribution >= 4 is 12.2 Å². The van der Waals surface area contributed by atoms with Crippen LogP contribution in [0.1, 0.15) is 11.1 Å². The molecule has 2 aromatic rings. The van der Waals surface area contributed by atoms with E-state index in [4.69, 9.17) is 0 Å². The van der Waals surface area contributed by atoms with Crippen LogP contribution in [0.15, 0.2) is 60.7 Å². The smallest absolute Gasteiger partial charge is 0.0256 e. The summed E-state index contributed by atoms with van der Waals surface area (Å²) in [5.41, 5.74) is 2.47. The first kappa shape index (κ1) is 14.0. The average molecular weight is 220 g/mol. The molecule has 0 N–H and O–H groups in total. The van der Waals surface area contributed by atoms with Gasteiger partial charge in [-0.1, -0.05) is 72.8 Å². The van der Waals surface area contributed by atoms with Crippen LogP contribution < -0.4 is 0 Å². The predicted molar refractivity (Wildman–Crippen MR) is 66.8 cm³/mol. The van der Waals surface area contributed by atoms with Gasteiger partial charge in [-0.15, -0.1) is 0 Å². The molecule has 16 heavy (non-hydrogen) atoms. The Morgan fingerprint density at radius 2 is 0.812 bits per heavy atom. The predicted octanol–water partition coefficient (Wildman–Crippen LogP) is 4.16. The van der Waals surface area contributed by atoms with Crippen LogP contribution in [0.3, 0.4) is 0 Å². The standard InChI is InChI=1S/C14H12.2FH/c1-3-7-13(8-4-1)11-12-14-9-5-2-6-10-14;;/h1-12H;2*1H. The molecule has 0 nitrogen and oxygen atoms in total. The third-order valence-corrected chi connectivity index (χ3v) is 2.07. The molecule has 0 aliphatic heterocycles. The molecule has 0 unspecified atom stereocenters. The highest BCUT2D eigenvalue weighted by Gasteiger charge is 1.84. The number of benzene rings is 2. The van der Waals surface area contributed by atoms with E-state index < -0.39 is 0 Å². The SMILES string of the molecule is C(=Cc1ccccc1)c1ccccc1.F.F. The van der Waals surface area contributed by atoms with Crippen molar-refractivity contribution < 1.29 is 9.41 Å². The summed E-state index contributed by atoms with van der Waals surface area (Å²) in [5.74, 6) is 0. The molecular weight excluding hydrogens is 206 g/mol. The molecule has 2 aromatic carbocycles. The number of halogens is 2. The molecule has 0 atom stereocenters. The van der Waals surface area contributed by atoms with Gasteiger partial charge < -0.3 is 0 Å². The second-order valence-corrected chi connectivity index (χ2v) is 3.15. The molecule has 84 valence electrons. The Bertz CT molecular complexity index is 366. The Morgan fingerprint density at radius 3 is 1.12 bits per heavy atom. The van der Waals surface area contributed by atoms with E-state index in [1.807, 2.05) is 36.4 Å². The topological polar surface area (TPSA) is 0 Å². The van der Waals surface area contributed by atoms with E-state index in [9.17, 15) is 0 Å². The highest BCUT2D eigenvalue weighted by Crippen LogP contribution is 2.06. The van der Waals surface area contributed by atoms with Crippen molar-refractivity contribution in [1.29, 1.82) is 0 Å². The highest BCUT2D eigenvalue weighted by atomic mass is 19.0. The van der Waals surface area contributed by atoms with Crippen molar-refractivity contribution in [2.45, 2.75) is 0 Å². The Hall–Kier alpha value is -1.96. The van der Waals surface area contributed by atoms with E-state index in [2.05, 4.69) is 36.4 Å². The zero-order valence-corrected chi connectivity index (χ0v) is 8.74. The summed E-state index contributed by atoms with van der Waals surface area (Å²) in [4.78, 5) is 0. The normalized spacial score (nSPS) is 9.25. The zero-order chi connectivity index (χ0) is 9.64. The Balaban J connectivity index is 0.00000112. The van der Waals surface area contributed by atoms with Crippen molar-refractivity contribution in [3.63, 3.8) is 0 Å². The summed E-state index contributed by atoms with van der Waals surface area (Å²) in [7, 11) is 0. The number of hydrogen-bond donors (Lipinski definition) is 0. The van der Waals surface area contributed by atoms with Gasteiger partial charge in [-0.05, 0) is 11.1 Å². The van der Waals surface area contributed by atoms with Crippen LogP contribution in [0.4, 0.5) is 9.41 Å². The fraction of sp³-hybridized carbons (Fsp3) is 0. The van der Waals surface area contributed by atoms with Gasteiger partial charge in [-0.25, -0.2) is 0 Å². The quantitative estimate of drug-likeness (QED) is 0.666. The summed E-state index contributed by atoms with van der Waals surface area (Å²) in [5, 5.41) is 0. The lowest BCUT2D eigenvalue weighted by Crippen LogP contribution is -1.70. The van der Waals surface area contributed by atoms with Crippen molar-refractivity contribution in [1.82, 2.24) is 0 Å². The van der Waals surface area contributed by atoms with Crippen LogP contribution in [0.25, 0.3) is 12.2 Å². The lowest BCUT2D eigenvalue weighted by Gasteiger charge is -1.92. The van der Waals surface area contributed by atoms with Crippen LogP contribution >= 0.6 is 0 Å². The number of hydrogen-bond acceptors (Lipinski definition) is 0. The van der Waals surface area contributed by atoms with Gasteiger partial charge in [0.15, 0.2) is 0 Å². The molecule has 0 bridgehead atoms. The summed E-state index contributed by atoms with van der Waals surface area (Å²) >= 11 is 0. The van der Waals surface area contributed by atoms with Gasteiger partial charge in [0.25, 0.3) is 0 Å². The molecule has 0 amide bonds. The first-order valence-electron chi connectivity index (χ1n) is 4.73. The molecule has 0 saturated heterocycles. The van der Waals surface area contributed by atoms with Gasteiger partial charge >= 0.3 is 0 Å². The molecule has 0 aromatic heterocycles. The van der Waals surface area contributed by atoms with Crippen LogP contribution in [-0.2, 0) is 0 Å². The minimum absolute atomic E-state index is 0. The Labute approximate surface area is 94.0 Å². The van der Waals surface area contributed by atoms with E-state index in [1.165, 1.54) is 11.1 Å². The maximum Gasteiger partial charge on any atom is -0.0256 e. The van der Waals surface area contributed by atoms with Gasteiger partial charge in [0.1, 0.15) is 0 Å². The third-order valence-electron chi connectivity index (χ3n) is 2.07. The molecule has 2 rings (SSSR count). The van der Waals surface area contributed by atoms with Crippen molar-refractivity contribution in [3.8, 4) is 0 Å². The van der Waals surface area contributed by atoms with Crippen LogP contribution in [-0.4, -0.2) is 0 Å². The van der Waals surface area contributed by atoms with E-state index in [-0.39, 0.29) is 9.41 Å². The molecular formula is C14H14F2. The van der Waals surface area contributed by atoms with E-state index in [0.717, 1.165) is 0 Å². The Kier molecular flexibility index (Phi) is 6.45. The highest BCUT2D eigenvalue weighted by molar-refractivity contribution is 5.69. The molecule has 0 aliphatic rings. The maximum atomic E-state index is 2.12. The molecule has 0 saturated carbocycles. The fourth-order valence-electron chi connectivity index (χ4n) is 1.32. The summed E-state index contributed by atoms with van der Waals surface area (Å²) in [6.45, 7) is 0. The van der Waals surface area contributed by atoms with Gasteiger partial charge in [0.2, 0.25) is 0 Å². The van der Waals surface area contributed by atoms with Crippen molar-refractivity contribution in [2.24, 2.45) is 0 Å². The second kappa shape index (κ2) is 7.35. The minimum Gasteiger partial charge on any atom is -0.269 e. The minimum atomic E-state index is 0. The number of rotatable bonds is 2. The summed E-state index contributed by atoms with van der Waals surface area (Å²) in [6.07, 6.45) is 4.24. The van der Waals surface area contributed by atoms with Crippen LogP contribution in [0, 0.1) is 0 Å². The molecule has 0 spiro atoms. The molecule has 0 aliphatic carbocycles. The van der Waals surface area contributed by atoms with Crippen molar-refractivity contribution in [2.75, 3.05) is 0 Å². The Morgan fingerprint density at radius 1 is 0.500 bits per heavy atom. The maximum absolute atomic E-state index is 2.12. The largest absolute Gasteiger partial charge is 0.269 e.